The molecule has 1 atom stereocenters. The lowest BCUT2D eigenvalue weighted by Crippen LogP contribution is -2.20. The maximum Gasteiger partial charge on any atom is 0.261 e. The van der Waals surface area contributed by atoms with Crippen LogP contribution < -0.4 is 5.73 Å². The Bertz CT molecular complexity index is 334. The molecule has 0 saturated heterocycles. The lowest BCUT2D eigenvalue weighted by molar-refractivity contribution is 0.0150. The van der Waals surface area contributed by atoms with Gasteiger partial charge in [-0.05, 0) is 12.5 Å². The molecule has 18 heavy (non-hydrogen) atoms. The van der Waals surface area contributed by atoms with Crippen molar-refractivity contribution in [3.63, 3.8) is 0 Å². The van der Waals surface area contributed by atoms with Gasteiger partial charge in [-0.3, -0.25) is 4.68 Å². The Balaban J connectivity index is 2.36. The number of nitrogens with zero attached hydrogens (tertiary/aromatic N) is 2. The summed E-state index contributed by atoms with van der Waals surface area (Å²) >= 11 is 0. The van der Waals surface area contributed by atoms with E-state index in [0.717, 1.165) is 5.69 Å². The Labute approximate surface area is 105 Å². The molecular formula is C11H19F2N3O2. The van der Waals surface area contributed by atoms with Gasteiger partial charge in [0.2, 0.25) is 0 Å². The predicted molar refractivity (Wildman–Crippen MR) is 62.5 cm³/mol. The molecule has 0 bridgehead atoms. The summed E-state index contributed by atoms with van der Waals surface area (Å²) in [7, 11) is 1.61. The molecule has 0 amide bonds. The standard InChI is InChI=1S/C11H19F2N3O2/c1-17-7-5-16-10(2-4-15-16)9(14)3-6-18-8-11(12)13/h2,4,9,11H,3,5-8,14H2,1H3. The number of hydrogen-bond donors (Lipinski definition) is 1. The average Bonchev–Trinajstić information content (AvgIpc) is 2.79. The number of nitrogens with two attached hydrogens (primary N) is 1. The zero-order valence-corrected chi connectivity index (χ0v) is 10.4. The van der Waals surface area contributed by atoms with Crippen molar-refractivity contribution in [3.05, 3.63) is 18.0 Å². The van der Waals surface area contributed by atoms with Gasteiger partial charge in [0.15, 0.2) is 0 Å². The van der Waals surface area contributed by atoms with Gasteiger partial charge in [0.05, 0.1) is 18.8 Å². The summed E-state index contributed by atoms with van der Waals surface area (Å²) in [6, 6.07) is 1.54. The van der Waals surface area contributed by atoms with Crippen LogP contribution in [0.25, 0.3) is 0 Å². The van der Waals surface area contributed by atoms with Gasteiger partial charge < -0.3 is 15.2 Å². The molecule has 0 radical (unpaired) electrons. The van der Waals surface area contributed by atoms with E-state index in [4.69, 9.17) is 15.2 Å². The van der Waals surface area contributed by atoms with Crippen molar-refractivity contribution >= 4 is 0 Å². The molecule has 0 fully saturated rings. The van der Waals surface area contributed by atoms with E-state index in [0.29, 0.717) is 19.6 Å². The maximum absolute atomic E-state index is 11.9. The third-order valence-electron chi connectivity index (χ3n) is 2.45. The van der Waals surface area contributed by atoms with Gasteiger partial charge in [-0.15, -0.1) is 0 Å². The summed E-state index contributed by atoms with van der Waals surface area (Å²) in [6.45, 7) is 0.824. The summed E-state index contributed by atoms with van der Waals surface area (Å²) in [4.78, 5) is 0. The molecule has 0 aliphatic rings. The van der Waals surface area contributed by atoms with Crippen LogP contribution in [0.4, 0.5) is 8.78 Å². The van der Waals surface area contributed by atoms with Crippen LogP contribution in [0.2, 0.25) is 0 Å². The van der Waals surface area contributed by atoms with Gasteiger partial charge in [0.25, 0.3) is 6.43 Å². The average molecular weight is 263 g/mol. The summed E-state index contributed by atoms with van der Waals surface area (Å²) in [5, 5.41) is 4.13. The quantitative estimate of drug-likeness (QED) is 0.680. The number of hydrogen-bond acceptors (Lipinski definition) is 4. The van der Waals surface area contributed by atoms with Crippen molar-refractivity contribution in [1.82, 2.24) is 9.78 Å². The Morgan fingerprint density at radius 2 is 2.22 bits per heavy atom. The summed E-state index contributed by atoms with van der Waals surface area (Å²) in [5.74, 6) is 0. The Morgan fingerprint density at radius 3 is 2.89 bits per heavy atom. The first kappa shape index (κ1) is 15.0. The minimum absolute atomic E-state index is 0.209. The molecule has 0 aliphatic heterocycles. The highest BCUT2D eigenvalue weighted by Crippen LogP contribution is 2.13. The number of rotatable bonds is 9. The van der Waals surface area contributed by atoms with E-state index in [9.17, 15) is 8.78 Å². The van der Waals surface area contributed by atoms with Crippen LogP contribution in [0.3, 0.4) is 0 Å². The molecule has 7 heteroatoms. The first-order chi connectivity index (χ1) is 8.65. The Hall–Kier alpha value is -1.05. The first-order valence-electron chi connectivity index (χ1n) is 5.77. The minimum atomic E-state index is -2.44. The van der Waals surface area contributed by atoms with E-state index in [1.54, 1.807) is 18.0 Å². The van der Waals surface area contributed by atoms with Gasteiger partial charge >= 0.3 is 0 Å². The summed E-state index contributed by atoms with van der Waals surface area (Å²) in [6.07, 6.45) is -0.301. The molecular weight excluding hydrogens is 244 g/mol. The molecule has 0 saturated carbocycles. The van der Waals surface area contributed by atoms with Crippen LogP contribution in [0.5, 0.6) is 0 Å². The van der Waals surface area contributed by atoms with Gasteiger partial charge in [0.1, 0.15) is 6.61 Å². The smallest absolute Gasteiger partial charge is 0.261 e. The second kappa shape index (κ2) is 8.12. The van der Waals surface area contributed by atoms with Crippen molar-refractivity contribution in [3.8, 4) is 0 Å². The number of methoxy groups -OCH3 is 1. The molecule has 1 rings (SSSR count). The monoisotopic (exact) mass is 263 g/mol. The third-order valence-corrected chi connectivity index (χ3v) is 2.45. The molecule has 1 unspecified atom stereocenters. The molecule has 0 aromatic carbocycles. The van der Waals surface area contributed by atoms with E-state index in [1.807, 2.05) is 6.07 Å². The molecule has 104 valence electrons. The lowest BCUT2D eigenvalue weighted by Gasteiger charge is -2.14. The van der Waals surface area contributed by atoms with Gasteiger partial charge in [-0.1, -0.05) is 0 Å². The lowest BCUT2D eigenvalue weighted by atomic mass is 10.1. The second-order valence-electron chi connectivity index (χ2n) is 3.83. The van der Waals surface area contributed by atoms with Crippen molar-refractivity contribution in [2.75, 3.05) is 26.9 Å². The van der Waals surface area contributed by atoms with Crippen LogP contribution in [0.1, 0.15) is 18.2 Å². The van der Waals surface area contributed by atoms with E-state index in [1.165, 1.54) is 0 Å². The number of aromatic nitrogens is 2. The number of ether oxygens (including phenoxy) is 2. The van der Waals surface area contributed by atoms with E-state index >= 15 is 0 Å². The SMILES string of the molecule is COCCn1nccc1C(N)CCOCC(F)F. The van der Waals surface area contributed by atoms with Crippen molar-refractivity contribution in [1.29, 1.82) is 0 Å². The fourth-order valence-corrected chi connectivity index (χ4v) is 1.55. The zero-order valence-electron chi connectivity index (χ0n) is 10.4. The highest BCUT2D eigenvalue weighted by atomic mass is 19.3. The molecule has 5 nitrogen and oxygen atoms in total. The highest BCUT2D eigenvalue weighted by molar-refractivity contribution is 5.06. The molecule has 0 spiro atoms. The molecule has 2 N–H and O–H groups in total. The normalized spacial score (nSPS) is 13.2. The van der Waals surface area contributed by atoms with Crippen molar-refractivity contribution in [2.24, 2.45) is 5.73 Å². The van der Waals surface area contributed by atoms with E-state index in [-0.39, 0.29) is 12.6 Å². The predicted octanol–water partition coefficient (Wildman–Crippen LogP) is 1.20. The topological polar surface area (TPSA) is 62.3 Å². The Kier molecular flexibility index (Phi) is 6.77. The van der Waals surface area contributed by atoms with Crippen LogP contribution in [-0.4, -0.2) is 43.1 Å². The van der Waals surface area contributed by atoms with E-state index < -0.39 is 13.0 Å². The molecule has 0 aliphatic carbocycles. The van der Waals surface area contributed by atoms with Crippen LogP contribution in [0, 0.1) is 0 Å². The van der Waals surface area contributed by atoms with Crippen LogP contribution in [-0.2, 0) is 16.0 Å². The number of alkyl halides is 2. The third kappa shape index (κ3) is 5.07. The molecule has 1 heterocycles. The van der Waals surface area contributed by atoms with Gasteiger partial charge in [-0.2, -0.15) is 5.10 Å². The van der Waals surface area contributed by atoms with Crippen LogP contribution >= 0.6 is 0 Å². The zero-order chi connectivity index (χ0) is 13.4. The minimum Gasteiger partial charge on any atom is -0.383 e. The fourth-order valence-electron chi connectivity index (χ4n) is 1.55. The van der Waals surface area contributed by atoms with Crippen molar-refractivity contribution in [2.45, 2.75) is 25.4 Å². The highest BCUT2D eigenvalue weighted by Gasteiger charge is 2.12. The van der Waals surface area contributed by atoms with Crippen molar-refractivity contribution < 1.29 is 18.3 Å². The fraction of sp³-hybridized carbons (Fsp3) is 0.727. The summed E-state index contributed by atoms with van der Waals surface area (Å²) < 4.78 is 35.2. The largest absolute Gasteiger partial charge is 0.383 e. The van der Waals surface area contributed by atoms with Gasteiger partial charge in [-0.25, -0.2) is 8.78 Å². The van der Waals surface area contributed by atoms with E-state index in [2.05, 4.69) is 5.10 Å². The second-order valence-corrected chi connectivity index (χ2v) is 3.83. The molecule has 1 aromatic heterocycles. The maximum atomic E-state index is 11.9. The molecule has 1 aromatic rings. The number of halogens is 2. The van der Waals surface area contributed by atoms with Crippen LogP contribution in [0.15, 0.2) is 12.3 Å². The van der Waals surface area contributed by atoms with Gasteiger partial charge in [0, 0.05) is 26.0 Å². The Morgan fingerprint density at radius 1 is 1.44 bits per heavy atom. The summed E-state index contributed by atoms with van der Waals surface area (Å²) in [5.41, 5.74) is 6.81. The first-order valence-corrected chi connectivity index (χ1v) is 5.77.